The average molecular weight is 267 g/mol. The molecule has 3 nitrogen and oxygen atoms in total. The molecule has 1 fully saturated rings. The molecule has 0 aromatic heterocycles. The summed E-state index contributed by atoms with van der Waals surface area (Å²) in [5.41, 5.74) is 1.05. The highest BCUT2D eigenvalue weighted by Gasteiger charge is 2.25. The number of aliphatic hydroxyl groups excluding tert-OH is 2. The largest absolute Gasteiger partial charge is 0.394 e. The van der Waals surface area contributed by atoms with Crippen molar-refractivity contribution < 1.29 is 14.6 Å². The van der Waals surface area contributed by atoms with Crippen LogP contribution >= 0.6 is 0 Å². The van der Waals surface area contributed by atoms with Gasteiger partial charge in [-0.25, -0.2) is 4.39 Å². The van der Waals surface area contributed by atoms with Crippen LogP contribution in [0.4, 0.5) is 10.1 Å². The summed E-state index contributed by atoms with van der Waals surface area (Å²) in [5, 5.41) is 19.4. The number of benzene rings is 1. The summed E-state index contributed by atoms with van der Waals surface area (Å²) in [7, 11) is 0. The van der Waals surface area contributed by atoms with Crippen molar-refractivity contribution in [1.82, 2.24) is 0 Å². The molecule has 0 saturated carbocycles. The molecule has 19 heavy (non-hydrogen) atoms. The second-order valence-corrected chi connectivity index (χ2v) is 5.23. The van der Waals surface area contributed by atoms with Gasteiger partial charge in [-0.15, -0.1) is 0 Å². The van der Waals surface area contributed by atoms with Crippen molar-refractivity contribution in [1.29, 1.82) is 0 Å². The van der Waals surface area contributed by atoms with E-state index in [-0.39, 0.29) is 18.5 Å². The summed E-state index contributed by atoms with van der Waals surface area (Å²) in [6, 6.07) is 4.88. The average Bonchev–Trinajstić information content (AvgIpc) is 2.62. The van der Waals surface area contributed by atoms with Gasteiger partial charge in [0.2, 0.25) is 0 Å². The first-order chi connectivity index (χ1) is 9.15. The lowest BCUT2D eigenvalue weighted by molar-refractivity contribution is 0.193. The third-order valence-corrected chi connectivity index (χ3v) is 3.84. The molecule has 0 amide bonds. The Kier molecular flexibility index (Phi) is 4.77. The smallest absolute Gasteiger partial charge is 0.131 e. The third kappa shape index (κ3) is 3.07. The van der Waals surface area contributed by atoms with E-state index in [2.05, 4.69) is 4.90 Å². The molecule has 1 aliphatic rings. The Bertz CT molecular complexity index is 423. The van der Waals surface area contributed by atoms with Gasteiger partial charge in [0.15, 0.2) is 0 Å². The van der Waals surface area contributed by atoms with Crippen molar-refractivity contribution in [3.05, 3.63) is 29.6 Å². The lowest BCUT2D eigenvalue weighted by Crippen LogP contribution is -2.38. The van der Waals surface area contributed by atoms with E-state index in [9.17, 15) is 14.6 Å². The highest BCUT2D eigenvalue weighted by Crippen LogP contribution is 2.32. The van der Waals surface area contributed by atoms with Gasteiger partial charge in [-0.3, -0.25) is 0 Å². The molecular formula is C15H22FNO2. The van der Waals surface area contributed by atoms with Crippen molar-refractivity contribution in [2.24, 2.45) is 0 Å². The summed E-state index contributed by atoms with van der Waals surface area (Å²) >= 11 is 0. The lowest BCUT2D eigenvalue weighted by Gasteiger charge is -2.33. The molecule has 2 atom stereocenters. The molecule has 1 aromatic carbocycles. The Labute approximate surface area is 113 Å². The van der Waals surface area contributed by atoms with Crippen molar-refractivity contribution >= 4 is 5.69 Å². The van der Waals surface area contributed by atoms with Gasteiger partial charge in [0.05, 0.1) is 18.8 Å². The van der Waals surface area contributed by atoms with Crippen molar-refractivity contribution in [2.45, 2.75) is 44.8 Å². The Morgan fingerprint density at radius 2 is 2.16 bits per heavy atom. The third-order valence-electron chi connectivity index (χ3n) is 3.84. The van der Waals surface area contributed by atoms with Crippen LogP contribution in [0.25, 0.3) is 0 Å². The van der Waals surface area contributed by atoms with Crippen LogP contribution in [0.15, 0.2) is 18.2 Å². The minimum Gasteiger partial charge on any atom is -0.394 e. The molecule has 4 heteroatoms. The Morgan fingerprint density at radius 1 is 1.37 bits per heavy atom. The molecule has 1 aromatic rings. The van der Waals surface area contributed by atoms with Crippen LogP contribution in [0, 0.1) is 5.82 Å². The first-order valence-electron chi connectivity index (χ1n) is 6.99. The van der Waals surface area contributed by atoms with Gasteiger partial charge in [0.25, 0.3) is 0 Å². The SMILES string of the molecule is C[C@H](O)c1c(F)cccc1N1CCCCCC1CO. The van der Waals surface area contributed by atoms with Crippen molar-refractivity contribution in [3.63, 3.8) is 0 Å². The zero-order valence-corrected chi connectivity index (χ0v) is 11.3. The van der Waals surface area contributed by atoms with Gasteiger partial charge in [0.1, 0.15) is 5.82 Å². The second-order valence-electron chi connectivity index (χ2n) is 5.23. The van der Waals surface area contributed by atoms with Gasteiger partial charge in [-0.2, -0.15) is 0 Å². The van der Waals surface area contributed by atoms with E-state index in [0.717, 1.165) is 37.9 Å². The van der Waals surface area contributed by atoms with Gasteiger partial charge < -0.3 is 15.1 Å². The van der Waals surface area contributed by atoms with Crippen LogP contribution in [0.5, 0.6) is 0 Å². The van der Waals surface area contributed by atoms with E-state index in [1.807, 2.05) is 6.07 Å². The van der Waals surface area contributed by atoms with Crippen molar-refractivity contribution in [2.75, 3.05) is 18.1 Å². The molecule has 1 unspecified atom stereocenters. The van der Waals surface area contributed by atoms with E-state index < -0.39 is 6.10 Å². The Morgan fingerprint density at radius 3 is 2.84 bits per heavy atom. The van der Waals surface area contributed by atoms with Gasteiger partial charge >= 0.3 is 0 Å². The molecule has 1 heterocycles. The molecule has 2 N–H and O–H groups in total. The predicted octanol–water partition coefficient (Wildman–Crippen LogP) is 2.62. The number of anilines is 1. The fourth-order valence-electron chi connectivity index (χ4n) is 2.87. The van der Waals surface area contributed by atoms with Crippen LogP contribution in [-0.4, -0.2) is 29.4 Å². The number of hydrogen-bond donors (Lipinski definition) is 2. The predicted molar refractivity (Wildman–Crippen MR) is 73.7 cm³/mol. The topological polar surface area (TPSA) is 43.7 Å². The van der Waals surface area contributed by atoms with Gasteiger partial charge in [-0.1, -0.05) is 18.9 Å². The van der Waals surface area contributed by atoms with Crippen molar-refractivity contribution in [3.8, 4) is 0 Å². The van der Waals surface area contributed by atoms with E-state index >= 15 is 0 Å². The van der Waals surface area contributed by atoms with Gasteiger partial charge in [-0.05, 0) is 31.9 Å². The quantitative estimate of drug-likeness (QED) is 0.884. The minimum absolute atomic E-state index is 0.0156. The van der Waals surface area contributed by atoms with Crippen LogP contribution in [0.1, 0.15) is 44.3 Å². The van der Waals surface area contributed by atoms with Gasteiger partial charge in [0, 0.05) is 17.8 Å². The minimum atomic E-state index is -0.848. The lowest BCUT2D eigenvalue weighted by atomic mass is 10.0. The summed E-state index contributed by atoms with van der Waals surface area (Å²) < 4.78 is 13.9. The molecule has 106 valence electrons. The number of aliphatic hydroxyl groups is 2. The molecule has 1 aliphatic heterocycles. The number of nitrogens with zero attached hydrogens (tertiary/aromatic N) is 1. The van der Waals surface area contributed by atoms with Crippen LogP contribution in [0.2, 0.25) is 0 Å². The highest BCUT2D eigenvalue weighted by atomic mass is 19.1. The molecule has 0 spiro atoms. The standard InChI is InChI=1S/C15H22FNO2/c1-11(19)15-13(16)7-5-8-14(15)17-9-4-2-3-6-12(17)10-18/h5,7-8,11-12,18-19H,2-4,6,9-10H2,1H3/t11-,12?/m0/s1. The fourth-order valence-corrected chi connectivity index (χ4v) is 2.87. The van der Waals surface area contributed by atoms with E-state index in [1.165, 1.54) is 6.07 Å². The summed E-state index contributed by atoms with van der Waals surface area (Å²) in [5.74, 6) is -0.381. The monoisotopic (exact) mass is 267 g/mol. The fraction of sp³-hybridized carbons (Fsp3) is 0.600. The highest BCUT2D eigenvalue weighted by molar-refractivity contribution is 5.56. The summed E-state index contributed by atoms with van der Waals surface area (Å²) in [4.78, 5) is 2.05. The molecule has 2 rings (SSSR count). The van der Waals surface area contributed by atoms with Crippen LogP contribution in [0.3, 0.4) is 0 Å². The zero-order chi connectivity index (χ0) is 13.8. The second kappa shape index (κ2) is 6.35. The summed E-state index contributed by atoms with van der Waals surface area (Å²) in [6.45, 7) is 2.44. The maximum Gasteiger partial charge on any atom is 0.131 e. The zero-order valence-electron chi connectivity index (χ0n) is 11.3. The summed E-state index contributed by atoms with van der Waals surface area (Å²) in [6.07, 6.45) is 3.31. The normalized spacial score (nSPS) is 22.1. The number of halogens is 1. The maximum atomic E-state index is 13.9. The molecule has 0 aliphatic carbocycles. The van der Waals surface area contributed by atoms with Crippen LogP contribution in [-0.2, 0) is 0 Å². The Balaban J connectivity index is 2.40. The first kappa shape index (κ1) is 14.3. The Hall–Kier alpha value is -1.13. The van der Waals surface area contributed by atoms with E-state index in [1.54, 1.807) is 13.0 Å². The number of rotatable bonds is 3. The van der Waals surface area contributed by atoms with E-state index in [0.29, 0.717) is 5.56 Å². The molecule has 1 saturated heterocycles. The van der Waals surface area contributed by atoms with E-state index in [4.69, 9.17) is 0 Å². The molecule has 0 bridgehead atoms. The molecular weight excluding hydrogens is 245 g/mol. The first-order valence-corrected chi connectivity index (χ1v) is 6.99. The van der Waals surface area contributed by atoms with Crippen LogP contribution < -0.4 is 4.90 Å². The molecule has 0 radical (unpaired) electrons. The maximum absolute atomic E-state index is 13.9. The number of hydrogen-bond acceptors (Lipinski definition) is 3.